The summed E-state index contributed by atoms with van der Waals surface area (Å²) in [7, 11) is 0. The number of fused-ring (bicyclic) bond motifs is 1. The topological polar surface area (TPSA) is 68.8 Å². The van der Waals surface area contributed by atoms with Gasteiger partial charge in [-0.05, 0) is 18.6 Å². The predicted molar refractivity (Wildman–Crippen MR) is 79.7 cm³/mol. The summed E-state index contributed by atoms with van der Waals surface area (Å²) in [6.07, 6.45) is 3.25. The highest BCUT2D eigenvalue weighted by Gasteiger charge is 2.09. The first-order valence-electron chi connectivity index (χ1n) is 7.29. The van der Waals surface area contributed by atoms with Crippen molar-refractivity contribution >= 4 is 11.0 Å². The molecule has 2 heterocycles. The molecule has 21 heavy (non-hydrogen) atoms. The van der Waals surface area contributed by atoms with Gasteiger partial charge in [0.25, 0.3) is 0 Å². The number of imidazole rings is 1. The Labute approximate surface area is 123 Å². The van der Waals surface area contributed by atoms with Gasteiger partial charge in [-0.2, -0.15) is 4.98 Å². The summed E-state index contributed by atoms with van der Waals surface area (Å²) >= 11 is 0. The van der Waals surface area contributed by atoms with Crippen LogP contribution in [-0.2, 0) is 19.5 Å². The van der Waals surface area contributed by atoms with E-state index in [1.165, 1.54) is 11.8 Å². The first kappa shape index (κ1) is 13.8. The van der Waals surface area contributed by atoms with E-state index >= 15 is 0 Å². The number of nitrogens with one attached hydrogen (secondary N) is 1. The van der Waals surface area contributed by atoms with Gasteiger partial charge >= 0.3 is 0 Å². The molecule has 0 spiro atoms. The van der Waals surface area contributed by atoms with Crippen LogP contribution in [0.1, 0.15) is 25.1 Å². The summed E-state index contributed by atoms with van der Waals surface area (Å²) in [5, 5.41) is 6.98. The lowest BCUT2D eigenvalue weighted by Gasteiger charge is -2.08. The quantitative estimate of drug-likeness (QED) is 0.674. The summed E-state index contributed by atoms with van der Waals surface area (Å²) in [5.74, 6) is 1.73. The van der Waals surface area contributed by atoms with E-state index < -0.39 is 0 Å². The molecule has 6 heteroatoms. The lowest BCUT2D eigenvalue weighted by atomic mass is 10.3. The third-order valence-corrected chi connectivity index (χ3v) is 3.39. The fourth-order valence-electron chi connectivity index (χ4n) is 2.44. The number of rotatable bonds is 7. The van der Waals surface area contributed by atoms with E-state index in [2.05, 4.69) is 45.1 Å². The zero-order valence-electron chi connectivity index (χ0n) is 12.1. The Kier molecular flexibility index (Phi) is 4.25. The summed E-state index contributed by atoms with van der Waals surface area (Å²) in [4.78, 5) is 8.72. The number of benzene rings is 1. The van der Waals surface area contributed by atoms with Crippen LogP contribution in [0.4, 0.5) is 0 Å². The first-order chi connectivity index (χ1) is 10.4. The normalized spacial score (nSPS) is 11.3. The highest BCUT2D eigenvalue weighted by molar-refractivity contribution is 5.75. The van der Waals surface area contributed by atoms with Crippen LogP contribution in [0.25, 0.3) is 11.0 Å². The summed E-state index contributed by atoms with van der Waals surface area (Å²) in [5.41, 5.74) is 2.26. The van der Waals surface area contributed by atoms with Crippen molar-refractivity contribution in [2.75, 3.05) is 6.54 Å². The molecule has 1 N–H and O–H groups in total. The van der Waals surface area contributed by atoms with Gasteiger partial charge in [-0.3, -0.25) is 0 Å². The monoisotopic (exact) mass is 285 g/mol. The Bertz CT molecular complexity index is 689. The van der Waals surface area contributed by atoms with Gasteiger partial charge in [-0.15, -0.1) is 0 Å². The van der Waals surface area contributed by atoms with Crippen LogP contribution in [0.5, 0.6) is 0 Å². The zero-order chi connectivity index (χ0) is 14.5. The Hall–Kier alpha value is -2.21. The van der Waals surface area contributed by atoms with Crippen molar-refractivity contribution in [3.8, 4) is 0 Å². The molecule has 0 aliphatic heterocycles. The standard InChI is InChI=1S/C15H19N5O/c1-2-9-20-13-6-4-3-5-12(13)19-14(20)10-16-8-7-15-17-11-18-21-15/h3-6,11,16H,2,7-10H2,1H3. The van der Waals surface area contributed by atoms with Crippen LogP contribution >= 0.6 is 0 Å². The Morgan fingerprint density at radius 3 is 3.00 bits per heavy atom. The third kappa shape index (κ3) is 3.11. The molecule has 0 saturated carbocycles. The molecule has 0 unspecified atom stereocenters. The highest BCUT2D eigenvalue weighted by Crippen LogP contribution is 2.16. The fourth-order valence-corrected chi connectivity index (χ4v) is 2.44. The predicted octanol–water partition coefficient (Wildman–Crippen LogP) is 2.16. The van der Waals surface area contributed by atoms with Crippen LogP contribution in [0.15, 0.2) is 35.1 Å². The number of hydrogen-bond acceptors (Lipinski definition) is 5. The van der Waals surface area contributed by atoms with Gasteiger partial charge in [0, 0.05) is 19.5 Å². The second-order valence-corrected chi connectivity index (χ2v) is 4.93. The minimum absolute atomic E-state index is 0.657. The Morgan fingerprint density at radius 2 is 2.19 bits per heavy atom. The molecule has 0 saturated heterocycles. The molecule has 0 aliphatic rings. The van der Waals surface area contributed by atoms with Crippen LogP contribution in [-0.4, -0.2) is 26.2 Å². The number of aromatic nitrogens is 4. The number of para-hydroxylation sites is 2. The van der Waals surface area contributed by atoms with Crippen molar-refractivity contribution in [1.29, 1.82) is 0 Å². The molecule has 2 aromatic heterocycles. The van der Waals surface area contributed by atoms with E-state index in [9.17, 15) is 0 Å². The molecule has 0 fully saturated rings. The molecule has 6 nitrogen and oxygen atoms in total. The Balaban J connectivity index is 1.66. The highest BCUT2D eigenvalue weighted by atomic mass is 16.5. The lowest BCUT2D eigenvalue weighted by Crippen LogP contribution is -2.19. The van der Waals surface area contributed by atoms with Crippen molar-refractivity contribution in [3.05, 3.63) is 42.3 Å². The third-order valence-electron chi connectivity index (χ3n) is 3.39. The molecule has 3 aromatic rings. The van der Waals surface area contributed by atoms with Crippen molar-refractivity contribution in [3.63, 3.8) is 0 Å². The number of hydrogen-bond donors (Lipinski definition) is 1. The minimum atomic E-state index is 0.657. The number of aryl methyl sites for hydroxylation is 1. The minimum Gasteiger partial charge on any atom is -0.340 e. The Morgan fingerprint density at radius 1 is 1.29 bits per heavy atom. The van der Waals surface area contributed by atoms with Gasteiger partial charge in [-0.25, -0.2) is 4.98 Å². The second-order valence-electron chi connectivity index (χ2n) is 4.93. The van der Waals surface area contributed by atoms with E-state index in [-0.39, 0.29) is 0 Å². The van der Waals surface area contributed by atoms with Crippen LogP contribution < -0.4 is 5.32 Å². The summed E-state index contributed by atoms with van der Waals surface area (Å²) in [6, 6.07) is 8.27. The largest absolute Gasteiger partial charge is 0.340 e. The molecular weight excluding hydrogens is 266 g/mol. The molecular formula is C15H19N5O. The van der Waals surface area contributed by atoms with Crippen LogP contribution in [0.2, 0.25) is 0 Å². The SMILES string of the molecule is CCCn1c(CNCCc2ncno2)nc2ccccc21. The van der Waals surface area contributed by atoms with Crippen LogP contribution in [0.3, 0.4) is 0 Å². The van der Waals surface area contributed by atoms with Gasteiger partial charge in [0.15, 0.2) is 6.33 Å². The molecule has 0 aliphatic carbocycles. The lowest BCUT2D eigenvalue weighted by molar-refractivity contribution is 0.374. The fraction of sp³-hybridized carbons (Fsp3) is 0.400. The summed E-state index contributed by atoms with van der Waals surface area (Å²) in [6.45, 7) is 4.70. The van der Waals surface area contributed by atoms with Gasteiger partial charge in [0.2, 0.25) is 5.89 Å². The average molecular weight is 285 g/mol. The molecule has 0 bridgehead atoms. The maximum Gasteiger partial charge on any atom is 0.227 e. The molecule has 1 aromatic carbocycles. The van der Waals surface area contributed by atoms with E-state index in [0.717, 1.165) is 43.8 Å². The number of nitrogens with zero attached hydrogens (tertiary/aromatic N) is 4. The van der Waals surface area contributed by atoms with Gasteiger partial charge < -0.3 is 14.4 Å². The summed E-state index contributed by atoms with van der Waals surface area (Å²) < 4.78 is 7.26. The van der Waals surface area contributed by atoms with Gasteiger partial charge in [0.1, 0.15) is 5.82 Å². The molecule has 0 atom stereocenters. The maximum atomic E-state index is 4.97. The molecule has 0 radical (unpaired) electrons. The smallest absolute Gasteiger partial charge is 0.227 e. The first-order valence-corrected chi connectivity index (χ1v) is 7.29. The van der Waals surface area contributed by atoms with Gasteiger partial charge in [0.05, 0.1) is 17.6 Å². The zero-order valence-corrected chi connectivity index (χ0v) is 12.1. The van der Waals surface area contributed by atoms with E-state index in [1.807, 2.05) is 6.07 Å². The van der Waals surface area contributed by atoms with Gasteiger partial charge in [-0.1, -0.05) is 24.2 Å². The molecule has 3 rings (SSSR count). The molecule has 0 amide bonds. The molecule has 110 valence electrons. The maximum absolute atomic E-state index is 4.97. The van der Waals surface area contributed by atoms with Crippen molar-refractivity contribution in [2.45, 2.75) is 32.9 Å². The van der Waals surface area contributed by atoms with Crippen molar-refractivity contribution < 1.29 is 4.52 Å². The van der Waals surface area contributed by atoms with Crippen molar-refractivity contribution in [1.82, 2.24) is 25.0 Å². The van der Waals surface area contributed by atoms with E-state index in [4.69, 9.17) is 9.51 Å². The van der Waals surface area contributed by atoms with E-state index in [1.54, 1.807) is 0 Å². The average Bonchev–Trinajstić information content (AvgIpc) is 3.13. The van der Waals surface area contributed by atoms with E-state index in [0.29, 0.717) is 5.89 Å². The second kappa shape index (κ2) is 6.49. The van der Waals surface area contributed by atoms with Crippen molar-refractivity contribution in [2.24, 2.45) is 0 Å². The van der Waals surface area contributed by atoms with Crippen LogP contribution in [0, 0.1) is 0 Å².